The molecule has 0 aliphatic rings. The fraction of sp³-hybridized carbons (Fsp3) is 0.548. The lowest BCUT2D eigenvalue weighted by molar-refractivity contribution is 0.0172. The smallest absolute Gasteiger partial charge is 0.410 e. The highest BCUT2D eigenvalue weighted by molar-refractivity contribution is 6.74. The summed E-state index contributed by atoms with van der Waals surface area (Å²) >= 11 is 6.62. The number of rotatable bonds is 9. The van der Waals surface area contributed by atoms with Crippen LogP contribution in [0.5, 0.6) is 5.75 Å². The zero-order chi connectivity index (χ0) is 31.6. The Morgan fingerprint density at radius 2 is 1.79 bits per heavy atom. The van der Waals surface area contributed by atoms with Crippen molar-refractivity contribution in [1.29, 1.82) is 0 Å². The van der Waals surface area contributed by atoms with E-state index in [1.165, 1.54) is 4.90 Å². The molecule has 230 valence electrons. The average Bonchev–Trinajstić information content (AvgIpc) is 3.19. The third-order valence-electron chi connectivity index (χ3n) is 7.31. The van der Waals surface area contributed by atoms with Crippen molar-refractivity contribution < 1.29 is 23.2 Å². The van der Waals surface area contributed by atoms with Crippen LogP contribution in [0, 0.1) is 20.8 Å². The van der Waals surface area contributed by atoms with Gasteiger partial charge in [-0.05, 0) is 83.4 Å². The van der Waals surface area contributed by atoms with Gasteiger partial charge in [-0.2, -0.15) is 0 Å². The lowest BCUT2D eigenvalue weighted by Crippen LogP contribution is -2.49. The fourth-order valence-corrected chi connectivity index (χ4v) is 5.57. The average molecular weight is 617 g/mol. The highest BCUT2D eigenvalue weighted by atomic mass is 35.5. The Hall–Kier alpha value is -2.95. The molecule has 0 fully saturated rings. The second-order valence-electron chi connectivity index (χ2n) is 13.2. The van der Waals surface area contributed by atoms with Crippen LogP contribution in [-0.2, 0) is 9.16 Å². The molecular formula is C31H45ClN4O5Si. The molecule has 0 radical (unpaired) electrons. The van der Waals surface area contributed by atoms with Crippen molar-refractivity contribution in [1.82, 2.24) is 20.0 Å². The number of amides is 1. The van der Waals surface area contributed by atoms with E-state index >= 15 is 0 Å². The summed E-state index contributed by atoms with van der Waals surface area (Å²) in [7, 11) is -0.477. The Morgan fingerprint density at radius 1 is 1.12 bits per heavy atom. The Bertz CT molecular complexity index is 1390. The predicted molar refractivity (Wildman–Crippen MR) is 169 cm³/mol. The minimum absolute atomic E-state index is 0.0229. The summed E-state index contributed by atoms with van der Waals surface area (Å²) in [6, 6.07) is 5.39. The predicted octanol–water partition coefficient (Wildman–Crippen LogP) is 8.01. The molecule has 3 rings (SSSR count). The molecule has 0 bridgehead atoms. The van der Waals surface area contributed by atoms with E-state index in [0.29, 0.717) is 34.5 Å². The molecule has 9 nitrogen and oxygen atoms in total. The molecular weight excluding hydrogens is 572 g/mol. The van der Waals surface area contributed by atoms with Crippen LogP contribution in [0.15, 0.2) is 28.9 Å². The van der Waals surface area contributed by atoms with Crippen molar-refractivity contribution in [3.8, 4) is 28.4 Å². The standard InChI is InChI=1S/C31H45ClN4O5Si/c1-19-16-33-28(34-27(19)26-20(2)35-40-21(26)3)24-15-22(13-14-25(24)32)38-18-23(41-42(11,12)31(7,8)9)17-36(10)29(37)39-30(4,5)6/h13-16,23H,17-18H2,1-12H3/t23-/m1/s1. The molecule has 0 spiro atoms. The molecule has 0 N–H and O–H groups in total. The van der Waals surface area contributed by atoms with Gasteiger partial charge in [-0.1, -0.05) is 37.5 Å². The van der Waals surface area contributed by atoms with Crippen LogP contribution in [0.1, 0.15) is 58.6 Å². The Morgan fingerprint density at radius 3 is 2.36 bits per heavy atom. The number of aryl methyl sites for hydroxylation is 3. The van der Waals surface area contributed by atoms with Crippen molar-refractivity contribution in [3.63, 3.8) is 0 Å². The van der Waals surface area contributed by atoms with Gasteiger partial charge in [-0.3, -0.25) is 0 Å². The van der Waals surface area contributed by atoms with Crippen LogP contribution in [0.4, 0.5) is 4.79 Å². The van der Waals surface area contributed by atoms with Gasteiger partial charge in [0.15, 0.2) is 14.1 Å². The van der Waals surface area contributed by atoms with E-state index in [2.05, 4.69) is 44.0 Å². The topological polar surface area (TPSA) is 99.8 Å². The molecule has 1 atom stereocenters. The molecule has 3 aromatic rings. The molecule has 42 heavy (non-hydrogen) atoms. The summed E-state index contributed by atoms with van der Waals surface area (Å²) in [5, 5.41) is 4.55. The third kappa shape index (κ3) is 8.32. The van der Waals surface area contributed by atoms with E-state index in [1.807, 2.05) is 47.6 Å². The van der Waals surface area contributed by atoms with Crippen molar-refractivity contribution in [2.45, 2.75) is 92.2 Å². The number of carbonyl (C=O) groups is 1. The normalized spacial score (nSPS) is 13.2. The monoisotopic (exact) mass is 616 g/mol. The van der Waals surface area contributed by atoms with Crippen LogP contribution < -0.4 is 4.74 Å². The van der Waals surface area contributed by atoms with Crippen LogP contribution in [0.25, 0.3) is 22.6 Å². The maximum absolute atomic E-state index is 12.7. The second kappa shape index (κ2) is 12.7. The van der Waals surface area contributed by atoms with E-state index in [9.17, 15) is 4.79 Å². The minimum atomic E-state index is -2.19. The van der Waals surface area contributed by atoms with E-state index in [-0.39, 0.29) is 17.7 Å². The fourth-order valence-electron chi connectivity index (χ4n) is 4.04. The molecule has 0 saturated carbocycles. The largest absolute Gasteiger partial charge is 0.491 e. The SMILES string of the molecule is Cc1cnc(-c2cc(OC[C@@H](CN(C)C(=O)OC(C)(C)C)O[Si](C)(C)C(C)(C)C)ccc2Cl)nc1-c1c(C)noc1C. The maximum atomic E-state index is 12.7. The summed E-state index contributed by atoms with van der Waals surface area (Å²) in [5.74, 6) is 1.73. The lowest BCUT2D eigenvalue weighted by Gasteiger charge is -2.40. The first-order valence-electron chi connectivity index (χ1n) is 14.1. The molecule has 0 saturated heterocycles. The number of nitrogens with zero attached hydrogens (tertiary/aromatic N) is 4. The second-order valence-corrected chi connectivity index (χ2v) is 18.4. The first kappa shape index (κ1) is 33.5. The van der Waals surface area contributed by atoms with Crippen LogP contribution >= 0.6 is 11.6 Å². The van der Waals surface area contributed by atoms with E-state index in [4.69, 9.17) is 35.0 Å². The Balaban J connectivity index is 1.88. The van der Waals surface area contributed by atoms with Gasteiger partial charge < -0.3 is 23.3 Å². The first-order valence-corrected chi connectivity index (χ1v) is 17.4. The number of ether oxygens (including phenoxy) is 2. The molecule has 0 aliphatic heterocycles. The Kier molecular flexibility index (Phi) is 10.2. The van der Waals surface area contributed by atoms with Crippen molar-refractivity contribution in [2.75, 3.05) is 20.2 Å². The number of carbonyl (C=O) groups excluding carboxylic acids is 1. The van der Waals surface area contributed by atoms with Gasteiger partial charge in [-0.25, -0.2) is 14.8 Å². The maximum Gasteiger partial charge on any atom is 0.410 e. The molecule has 0 aliphatic carbocycles. The molecule has 0 unspecified atom stereocenters. The number of hydrogen-bond acceptors (Lipinski definition) is 8. The van der Waals surface area contributed by atoms with Crippen molar-refractivity contribution in [2.24, 2.45) is 0 Å². The number of benzene rings is 1. The summed E-state index contributed by atoms with van der Waals surface area (Å²) in [6.45, 7) is 22.7. The van der Waals surface area contributed by atoms with Crippen LogP contribution in [0.2, 0.25) is 23.2 Å². The molecule has 2 heterocycles. The summed E-state index contributed by atoms with van der Waals surface area (Å²) in [4.78, 5) is 23.7. The van der Waals surface area contributed by atoms with Crippen LogP contribution in [-0.4, -0.2) is 66.3 Å². The first-order chi connectivity index (χ1) is 19.3. The van der Waals surface area contributed by atoms with Gasteiger partial charge >= 0.3 is 6.09 Å². The van der Waals surface area contributed by atoms with Crippen molar-refractivity contribution in [3.05, 3.63) is 46.4 Å². The van der Waals surface area contributed by atoms with E-state index < -0.39 is 20.0 Å². The number of hydrogen-bond donors (Lipinski definition) is 0. The zero-order valence-corrected chi connectivity index (χ0v) is 28.8. The van der Waals surface area contributed by atoms with Gasteiger partial charge in [-0.15, -0.1) is 0 Å². The quantitative estimate of drug-likeness (QED) is 0.223. The summed E-state index contributed by atoms with van der Waals surface area (Å²) in [6.07, 6.45) is 0.971. The third-order valence-corrected chi connectivity index (χ3v) is 12.2. The highest BCUT2D eigenvalue weighted by Crippen LogP contribution is 2.38. The number of halogens is 1. The highest BCUT2D eigenvalue weighted by Gasteiger charge is 2.40. The molecule has 11 heteroatoms. The summed E-state index contributed by atoms with van der Waals surface area (Å²) < 4.78 is 23.9. The Labute approximate surface area is 256 Å². The molecule has 1 amide bonds. The molecule has 2 aromatic heterocycles. The number of aromatic nitrogens is 3. The van der Waals surface area contributed by atoms with Gasteiger partial charge in [0.05, 0.1) is 34.6 Å². The zero-order valence-electron chi connectivity index (χ0n) is 27.0. The lowest BCUT2D eigenvalue weighted by atomic mass is 10.1. The summed E-state index contributed by atoms with van der Waals surface area (Å²) in [5.41, 5.74) is 3.28. The van der Waals surface area contributed by atoms with Crippen molar-refractivity contribution >= 4 is 26.0 Å². The van der Waals surface area contributed by atoms with Gasteiger partial charge in [0, 0.05) is 18.8 Å². The minimum Gasteiger partial charge on any atom is -0.491 e. The van der Waals surface area contributed by atoms with E-state index in [0.717, 1.165) is 22.5 Å². The van der Waals surface area contributed by atoms with E-state index in [1.54, 1.807) is 25.4 Å². The van der Waals surface area contributed by atoms with Gasteiger partial charge in [0.25, 0.3) is 0 Å². The molecule has 1 aromatic carbocycles. The van der Waals surface area contributed by atoms with Gasteiger partial charge in [0.1, 0.15) is 23.7 Å². The van der Waals surface area contributed by atoms with Crippen LogP contribution in [0.3, 0.4) is 0 Å². The van der Waals surface area contributed by atoms with Gasteiger partial charge in [0.2, 0.25) is 0 Å². The number of likely N-dealkylation sites (N-methyl/N-ethyl adjacent to an activating group) is 1.